The number of amides is 1. The number of ether oxygens (including phenoxy) is 3. The van der Waals surface area contributed by atoms with Crippen molar-refractivity contribution in [2.24, 2.45) is 5.92 Å². The van der Waals surface area contributed by atoms with Crippen LogP contribution in [0.1, 0.15) is 37.4 Å². The molecule has 6 rings (SSSR count). The fourth-order valence-corrected chi connectivity index (χ4v) is 5.29. The lowest BCUT2D eigenvalue weighted by molar-refractivity contribution is -0.119. The van der Waals surface area contributed by atoms with Crippen molar-refractivity contribution in [3.63, 3.8) is 0 Å². The van der Waals surface area contributed by atoms with E-state index in [4.69, 9.17) is 19.2 Å². The number of carbonyl (C=O) groups excluding carboxylic acids is 1. The molecule has 2 fully saturated rings. The summed E-state index contributed by atoms with van der Waals surface area (Å²) in [4.78, 5) is 24.1. The van der Waals surface area contributed by atoms with Crippen LogP contribution in [0.4, 0.5) is 14.6 Å². The Hall–Kier alpha value is -3.11. The molecule has 1 spiro atoms. The van der Waals surface area contributed by atoms with Crippen molar-refractivity contribution in [2.45, 2.75) is 44.1 Å². The molecule has 0 radical (unpaired) electrons. The molecular formula is C25H26F2N4O4. The van der Waals surface area contributed by atoms with Gasteiger partial charge < -0.3 is 24.5 Å². The number of alkyl halides is 2. The van der Waals surface area contributed by atoms with E-state index in [0.29, 0.717) is 49.9 Å². The van der Waals surface area contributed by atoms with E-state index >= 15 is 0 Å². The molecule has 5 heterocycles. The van der Waals surface area contributed by atoms with E-state index in [1.807, 2.05) is 12.3 Å². The second kappa shape index (κ2) is 8.23. The van der Waals surface area contributed by atoms with E-state index in [1.165, 1.54) is 6.92 Å². The first-order valence-electron chi connectivity index (χ1n) is 11.8. The minimum atomic E-state index is -2.58. The van der Waals surface area contributed by atoms with Crippen LogP contribution in [0.25, 0.3) is 22.2 Å². The molecule has 1 aliphatic carbocycles. The molecule has 35 heavy (non-hydrogen) atoms. The number of nitrogens with zero attached hydrogens (tertiary/aromatic N) is 2. The van der Waals surface area contributed by atoms with E-state index in [1.54, 1.807) is 12.3 Å². The minimum absolute atomic E-state index is 0.143. The van der Waals surface area contributed by atoms with Crippen molar-refractivity contribution in [3.05, 3.63) is 35.8 Å². The van der Waals surface area contributed by atoms with Crippen molar-refractivity contribution in [2.75, 3.05) is 31.7 Å². The average molecular weight is 485 g/mol. The van der Waals surface area contributed by atoms with Gasteiger partial charge in [0.1, 0.15) is 17.2 Å². The molecule has 10 heteroatoms. The number of H-pyrrole nitrogens is 1. The van der Waals surface area contributed by atoms with Crippen LogP contribution in [-0.2, 0) is 26.3 Å². The highest BCUT2D eigenvalue weighted by atomic mass is 19.3. The van der Waals surface area contributed by atoms with E-state index in [2.05, 4.69) is 15.3 Å². The number of aromatic nitrogens is 3. The summed E-state index contributed by atoms with van der Waals surface area (Å²) in [6.07, 6.45) is 4.54. The number of halogens is 2. The predicted octanol–water partition coefficient (Wildman–Crippen LogP) is 4.20. The Morgan fingerprint density at radius 1 is 1.31 bits per heavy atom. The summed E-state index contributed by atoms with van der Waals surface area (Å²) in [5.41, 5.74) is 3.38. The smallest absolute Gasteiger partial charge is 0.248 e. The van der Waals surface area contributed by atoms with Gasteiger partial charge in [-0.1, -0.05) is 0 Å². The third-order valence-electron chi connectivity index (χ3n) is 7.03. The maximum absolute atomic E-state index is 13.4. The summed E-state index contributed by atoms with van der Waals surface area (Å²) in [5.74, 6) is -1.87. The first-order chi connectivity index (χ1) is 16.8. The number of fused-ring (bicyclic) bond motifs is 3. The van der Waals surface area contributed by atoms with Crippen LogP contribution in [0.15, 0.2) is 24.5 Å². The lowest BCUT2D eigenvalue weighted by Crippen LogP contribution is -2.39. The predicted molar refractivity (Wildman–Crippen MR) is 124 cm³/mol. The zero-order chi connectivity index (χ0) is 24.2. The SMILES string of the molecule is CC(=O)Nc1cc2c(-c3cc(OCC4CC(F)(F)C4)c4c(n3)C3(CCOC3)OCC4)c[nH]c2cn1. The molecule has 2 aliphatic heterocycles. The lowest BCUT2D eigenvalue weighted by Gasteiger charge is -2.36. The highest BCUT2D eigenvalue weighted by Gasteiger charge is 2.46. The van der Waals surface area contributed by atoms with Gasteiger partial charge in [-0.25, -0.2) is 18.7 Å². The molecule has 1 amide bonds. The molecule has 3 aliphatic rings. The number of nitrogens with one attached hydrogen (secondary N) is 2. The van der Waals surface area contributed by atoms with E-state index < -0.39 is 11.5 Å². The van der Waals surface area contributed by atoms with Crippen LogP contribution in [0.5, 0.6) is 5.75 Å². The highest BCUT2D eigenvalue weighted by Crippen LogP contribution is 2.45. The van der Waals surface area contributed by atoms with Crippen LogP contribution >= 0.6 is 0 Å². The number of hydrogen-bond donors (Lipinski definition) is 2. The Bertz CT molecular complexity index is 1290. The summed E-state index contributed by atoms with van der Waals surface area (Å²) in [5, 5.41) is 3.55. The topological polar surface area (TPSA) is 98.4 Å². The van der Waals surface area contributed by atoms with Crippen molar-refractivity contribution in [1.82, 2.24) is 15.0 Å². The van der Waals surface area contributed by atoms with Crippen molar-refractivity contribution < 1.29 is 27.8 Å². The number of pyridine rings is 2. The molecule has 0 bridgehead atoms. The van der Waals surface area contributed by atoms with Gasteiger partial charge in [-0.2, -0.15) is 0 Å². The number of carbonyl (C=O) groups is 1. The second-order valence-corrected chi connectivity index (χ2v) is 9.67. The maximum Gasteiger partial charge on any atom is 0.248 e. The highest BCUT2D eigenvalue weighted by molar-refractivity contribution is 5.97. The van der Waals surface area contributed by atoms with E-state index in [-0.39, 0.29) is 31.3 Å². The third kappa shape index (κ3) is 4.04. The summed E-state index contributed by atoms with van der Waals surface area (Å²) >= 11 is 0. The molecule has 1 saturated heterocycles. The number of rotatable bonds is 5. The zero-order valence-corrected chi connectivity index (χ0v) is 19.3. The quantitative estimate of drug-likeness (QED) is 0.564. The summed E-state index contributed by atoms with van der Waals surface area (Å²) in [6, 6.07) is 3.68. The molecule has 8 nitrogen and oxygen atoms in total. The summed E-state index contributed by atoms with van der Waals surface area (Å²) < 4.78 is 44.8. The first-order valence-corrected chi connectivity index (χ1v) is 11.8. The fourth-order valence-electron chi connectivity index (χ4n) is 5.29. The van der Waals surface area contributed by atoms with E-state index in [0.717, 1.165) is 27.7 Å². The standard InChI is InChI=1S/C25H26F2N4O4/c1-14(32)30-22-6-17-18(10-28-20(17)11-29-22)19-7-21(34-12-15-8-25(26,27)9-15)16-2-4-35-24(23(16)31-19)3-5-33-13-24/h6-7,10-11,15,28H,2-5,8-9,12-13H2,1H3,(H,29,30,32). The van der Waals surface area contributed by atoms with E-state index in [9.17, 15) is 13.6 Å². The molecule has 0 aromatic carbocycles. The number of aromatic amines is 1. The summed E-state index contributed by atoms with van der Waals surface area (Å²) in [6.45, 7) is 3.18. The number of hydrogen-bond acceptors (Lipinski definition) is 6. The molecular weight excluding hydrogens is 458 g/mol. The molecule has 1 atom stereocenters. The van der Waals surface area contributed by atoms with Gasteiger partial charge in [0.25, 0.3) is 0 Å². The molecule has 1 unspecified atom stereocenters. The molecule has 3 aromatic heterocycles. The van der Waals surface area contributed by atoms with Crippen molar-refractivity contribution in [3.8, 4) is 17.0 Å². The van der Waals surface area contributed by atoms with Gasteiger partial charge in [-0.05, 0) is 6.07 Å². The van der Waals surface area contributed by atoms with Crippen LogP contribution in [0.3, 0.4) is 0 Å². The third-order valence-corrected chi connectivity index (χ3v) is 7.03. The van der Waals surface area contributed by atoms with Crippen molar-refractivity contribution in [1.29, 1.82) is 0 Å². The maximum atomic E-state index is 13.4. The first kappa shape index (κ1) is 22.4. The number of anilines is 1. The lowest BCUT2D eigenvalue weighted by atomic mass is 9.82. The Kier molecular flexibility index (Phi) is 5.26. The molecule has 2 N–H and O–H groups in total. The average Bonchev–Trinajstić information content (AvgIpc) is 3.43. The van der Waals surface area contributed by atoms with Crippen LogP contribution < -0.4 is 10.1 Å². The fraction of sp³-hybridized carbons (Fsp3) is 0.480. The minimum Gasteiger partial charge on any atom is -0.493 e. The van der Waals surface area contributed by atoms with Crippen molar-refractivity contribution >= 4 is 22.6 Å². The van der Waals surface area contributed by atoms with Gasteiger partial charge in [-0.15, -0.1) is 0 Å². The molecule has 1 saturated carbocycles. The van der Waals surface area contributed by atoms with Gasteiger partial charge in [0, 0.05) is 73.9 Å². The second-order valence-electron chi connectivity index (χ2n) is 9.67. The Labute approximate surface area is 200 Å². The Morgan fingerprint density at radius 2 is 2.17 bits per heavy atom. The van der Waals surface area contributed by atoms with Gasteiger partial charge in [0.15, 0.2) is 0 Å². The molecule has 3 aromatic rings. The monoisotopic (exact) mass is 484 g/mol. The Balaban J connectivity index is 1.43. The van der Waals surface area contributed by atoms with Crippen LogP contribution in [0, 0.1) is 5.92 Å². The normalized spacial score (nSPS) is 23.3. The van der Waals surface area contributed by atoms with Gasteiger partial charge in [0.05, 0.1) is 42.9 Å². The zero-order valence-electron chi connectivity index (χ0n) is 19.3. The van der Waals surface area contributed by atoms with Gasteiger partial charge in [-0.3, -0.25) is 4.79 Å². The Morgan fingerprint density at radius 3 is 2.91 bits per heavy atom. The van der Waals surface area contributed by atoms with Crippen LogP contribution in [0.2, 0.25) is 0 Å². The largest absolute Gasteiger partial charge is 0.493 e. The summed E-state index contributed by atoms with van der Waals surface area (Å²) in [7, 11) is 0. The van der Waals surface area contributed by atoms with Gasteiger partial charge in [0.2, 0.25) is 11.8 Å². The van der Waals surface area contributed by atoms with Gasteiger partial charge >= 0.3 is 0 Å². The van der Waals surface area contributed by atoms with Crippen LogP contribution in [-0.4, -0.2) is 53.2 Å². The molecule has 184 valence electrons.